The second-order valence-corrected chi connectivity index (χ2v) is 11.3. The average molecular weight is 408 g/mol. The SMILES string of the molecule is CC1(C)O[Si](c2ccccc2)(c2ccccc2)CCC1I. The monoisotopic (exact) mass is 408 g/mol. The van der Waals surface area contributed by atoms with Crippen LogP contribution in [0.1, 0.15) is 20.3 Å². The fourth-order valence-corrected chi connectivity index (χ4v) is 8.94. The van der Waals surface area contributed by atoms with E-state index < -0.39 is 8.32 Å². The van der Waals surface area contributed by atoms with E-state index in [9.17, 15) is 0 Å². The average Bonchev–Trinajstić information content (AvgIpc) is 2.52. The van der Waals surface area contributed by atoms with Crippen molar-refractivity contribution < 1.29 is 4.43 Å². The number of halogens is 1. The van der Waals surface area contributed by atoms with Gasteiger partial charge in [0, 0.05) is 3.92 Å². The molecule has 0 amide bonds. The first-order valence-electron chi connectivity index (χ1n) is 7.50. The lowest BCUT2D eigenvalue weighted by molar-refractivity contribution is 0.0895. The summed E-state index contributed by atoms with van der Waals surface area (Å²) in [5.74, 6) is 0. The van der Waals surface area contributed by atoms with Gasteiger partial charge in [0.15, 0.2) is 0 Å². The Bertz CT molecular complexity index is 558. The van der Waals surface area contributed by atoms with Crippen LogP contribution in [-0.4, -0.2) is 17.8 Å². The zero-order chi connectivity index (χ0) is 14.9. The van der Waals surface area contributed by atoms with Gasteiger partial charge in [0.25, 0.3) is 8.32 Å². The molecule has 0 radical (unpaired) electrons. The smallest absolute Gasteiger partial charge is 0.256 e. The number of hydrogen-bond donors (Lipinski definition) is 0. The Morgan fingerprint density at radius 2 is 1.43 bits per heavy atom. The minimum absolute atomic E-state index is 0.0727. The maximum Gasteiger partial charge on any atom is 0.256 e. The first kappa shape index (κ1) is 15.3. The minimum Gasteiger partial charge on any atom is -0.402 e. The van der Waals surface area contributed by atoms with Crippen molar-refractivity contribution in [2.45, 2.75) is 35.8 Å². The van der Waals surface area contributed by atoms with E-state index >= 15 is 0 Å². The molecule has 21 heavy (non-hydrogen) atoms. The number of benzene rings is 2. The lowest BCUT2D eigenvalue weighted by atomic mass is 10.0. The molecule has 1 saturated heterocycles. The molecule has 3 heteroatoms. The molecule has 1 unspecified atom stereocenters. The number of hydrogen-bond acceptors (Lipinski definition) is 1. The summed E-state index contributed by atoms with van der Waals surface area (Å²) < 4.78 is 7.45. The maximum absolute atomic E-state index is 6.88. The molecule has 0 bridgehead atoms. The number of rotatable bonds is 2. The molecular formula is C18H21IOSi. The Labute approximate surface area is 142 Å². The van der Waals surface area contributed by atoms with Crippen molar-refractivity contribution in [3.8, 4) is 0 Å². The normalized spacial score (nSPS) is 23.7. The molecule has 0 spiro atoms. The van der Waals surface area contributed by atoms with E-state index in [2.05, 4.69) is 97.1 Å². The Morgan fingerprint density at radius 1 is 0.952 bits per heavy atom. The van der Waals surface area contributed by atoms with Gasteiger partial charge in [-0.1, -0.05) is 83.3 Å². The topological polar surface area (TPSA) is 9.23 Å². The van der Waals surface area contributed by atoms with E-state index in [1.54, 1.807) is 0 Å². The van der Waals surface area contributed by atoms with Crippen LogP contribution in [0.15, 0.2) is 60.7 Å². The molecule has 1 aliphatic heterocycles. The summed E-state index contributed by atoms with van der Waals surface area (Å²) in [6, 6.07) is 22.9. The van der Waals surface area contributed by atoms with E-state index in [1.165, 1.54) is 16.8 Å². The Balaban J connectivity index is 2.13. The second-order valence-electron chi connectivity index (χ2n) is 6.27. The van der Waals surface area contributed by atoms with Crippen LogP contribution in [0, 0.1) is 0 Å². The molecular weight excluding hydrogens is 387 g/mol. The van der Waals surface area contributed by atoms with Crippen LogP contribution in [0.4, 0.5) is 0 Å². The highest BCUT2D eigenvalue weighted by Gasteiger charge is 2.49. The fourth-order valence-electron chi connectivity index (χ4n) is 3.23. The molecule has 0 aromatic heterocycles. The van der Waals surface area contributed by atoms with Gasteiger partial charge in [-0.25, -0.2) is 0 Å². The van der Waals surface area contributed by atoms with Gasteiger partial charge in [0.2, 0.25) is 0 Å². The predicted octanol–water partition coefficient (Wildman–Crippen LogP) is 3.75. The van der Waals surface area contributed by atoms with Crippen LogP contribution < -0.4 is 10.4 Å². The summed E-state index contributed by atoms with van der Waals surface area (Å²) in [6.45, 7) is 4.49. The van der Waals surface area contributed by atoms with Crippen molar-refractivity contribution in [2.75, 3.05) is 0 Å². The molecule has 0 aliphatic carbocycles. The van der Waals surface area contributed by atoms with Crippen molar-refractivity contribution in [1.29, 1.82) is 0 Å². The zero-order valence-corrected chi connectivity index (χ0v) is 15.7. The molecule has 110 valence electrons. The fraction of sp³-hybridized carbons (Fsp3) is 0.333. The standard InChI is InChI=1S/C18H21IOSi/c1-18(2)17(19)13-14-21(20-18,15-9-5-3-6-10-15)16-11-7-4-8-12-16/h3-12,17H,13-14H2,1-2H3. The third-order valence-electron chi connectivity index (χ3n) is 4.42. The second kappa shape index (κ2) is 5.86. The van der Waals surface area contributed by atoms with Gasteiger partial charge in [-0.15, -0.1) is 0 Å². The highest BCUT2D eigenvalue weighted by molar-refractivity contribution is 14.1. The van der Waals surface area contributed by atoms with Gasteiger partial charge >= 0.3 is 0 Å². The molecule has 2 aromatic carbocycles. The maximum atomic E-state index is 6.88. The van der Waals surface area contributed by atoms with Crippen molar-refractivity contribution in [3.05, 3.63) is 60.7 Å². The van der Waals surface area contributed by atoms with Crippen LogP contribution in [0.2, 0.25) is 6.04 Å². The lowest BCUT2D eigenvalue weighted by Crippen LogP contribution is -2.67. The van der Waals surface area contributed by atoms with Gasteiger partial charge in [-0.2, -0.15) is 0 Å². The molecule has 1 nitrogen and oxygen atoms in total. The molecule has 1 atom stereocenters. The quantitative estimate of drug-likeness (QED) is 0.418. The van der Waals surface area contributed by atoms with Crippen molar-refractivity contribution in [3.63, 3.8) is 0 Å². The van der Waals surface area contributed by atoms with Crippen molar-refractivity contribution >= 4 is 41.3 Å². The van der Waals surface area contributed by atoms with E-state index in [-0.39, 0.29) is 5.60 Å². The van der Waals surface area contributed by atoms with Crippen LogP contribution in [-0.2, 0) is 4.43 Å². The highest BCUT2D eigenvalue weighted by Crippen LogP contribution is 2.37. The molecule has 0 N–H and O–H groups in total. The molecule has 1 fully saturated rings. The molecule has 0 saturated carbocycles. The summed E-state index contributed by atoms with van der Waals surface area (Å²) in [6.07, 6.45) is 1.23. The van der Waals surface area contributed by atoms with Gasteiger partial charge in [-0.3, -0.25) is 0 Å². The summed E-state index contributed by atoms with van der Waals surface area (Å²) in [5.41, 5.74) is -0.0727. The Hall–Kier alpha value is -0.653. The van der Waals surface area contributed by atoms with Gasteiger partial charge < -0.3 is 4.43 Å². The first-order valence-corrected chi connectivity index (χ1v) is 10.9. The predicted molar refractivity (Wildman–Crippen MR) is 100 cm³/mol. The Kier molecular flexibility index (Phi) is 4.25. The van der Waals surface area contributed by atoms with E-state index in [0.29, 0.717) is 3.92 Å². The van der Waals surface area contributed by atoms with Crippen LogP contribution in [0.5, 0.6) is 0 Å². The van der Waals surface area contributed by atoms with Gasteiger partial charge in [-0.05, 0) is 36.7 Å². The summed E-state index contributed by atoms with van der Waals surface area (Å²) in [5, 5.41) is 2.79. The molecule has 1 heterocycles. The summed E-state index contributed by atoms with van der Waals surface area (Å²) in [7, 11) is -2.12. The van der Waals surface area contributed by atoms with Crippen molar-refractivity contribution in [2.24, 2.45) is 0 Å². The zero-order valence-electron chi connectivity index (χ0n) is 12.6. The van der Waals surface area contributed by atoms with Crippen molar-refractivity contribution in [1.82, 2.24) is 0 Å². The van der Waals surface area contributed by atoms with Crippen LogP contribution in [0.25, 0.3) is 0 Å². The number of alkyl halides is 1. The van der Waals surface area contributed by atoms with E-state index in [1.807, 2.05) is 0 Å². The largest absolute Gasteiger partial charge is 0.402 e. The van der Waals surface area contributed by atoms with Crippen LogP contribution in [0.3, 0.4) is 0 Å². The van der Waals surface area contributed by atoms with E-state index in [4.69, 9.17) is 4.43 Å². The highest BCUT2D eigenvalue weighted by atomic mass is 127. The van der Waals surface area contributed by atoms with Crippen LogP contribution >= 0.6 is 22.6 Å². The molecule has 1 aliphatic rings. The molecule has 3 rings (SSSR count). The van der Waals surface area contributed by atoms with Gasteiger partial charge in [0.1, 0.15) is 0 Å². The first-order chi connectivity index (χ1) is 10.0. The molecule has 2 aromatic rings. The minimum atomic E-state index is -2.12. The van der Waals surface area contributed by atoms with Gasteiger partial charge in [0.05, 0.1) is 5.60 Å². The Morgan fingerprint density at radius 3 is 1.86 bits per heavy atom. The lowest BCUT2D eigenvalue weighted by Gasteiger charge is -2.47. The third kappa shape index (κ3) is 2.83. The summed E-state index contributed by atoms with van der Waals surface area (Å²) in [4.78, 5) is 0. The summed E-state index contributed by atoms with van der Waals surface area (Å²) >= 11 is 2.55. The third-order valence-corrected chi connectivity index (χ3v) is 10.9. The van der Waals surface area contributed by atoms with E-state index in [0.717, 1.165) is 6.04 Å².